The van der Waals surface area contributed by atoms with Crippen LogP contribution < -0.4 is 30.3 Å². The lowest BCUT2D eigenvalue weighted by atomic mass is 10.1. The number of aromatic nitrogens is 1. The van der Waals surface area contributed by atoms with Gasteiger partial charge < -0.3 is 15.5 Å². The molecule has 32 heavy (non-hydrogen) atoms. The summed E-state index contributed by atoms with van der Waals surface area (Å²) < 4.78 is 14.2. The fraction of sp³-hybridized carbons (Fsp3) is 0.364. The van der Waals surface area contributed by atoms with Crippen LogP contribution in [0, 0.1) is 17.2 Å². The second-order valence-electron chi connectivity index (χ2n) is 7.14. The minimum absolute atomic E-state index is 0.0227. The van der Waals surface area contributed by atoms with Gasteiger partial charge in [0, 0.05) is 43.6 Å². The van der Waals surface area contributed by atoms with Gasteiger partial charge in [-0.3, -0.25) is 19.0 Å². The van der Waals surface area contributed by atoms with Crippen molar-refractivity contribution in [2.24, 2.45) is 5.92 Å². The molecule has 0 radical (unpaired) electrons. The SMILES string of the molecule is CCn1c(=O)/c(=C\Nc2cccc(N(C)C(=O)C(C)C)c2)s/c1=C(/C#N)C(=O)NCCF. The summed E-state index contributed by atoms with van der Waals surface area (Å²) in [6.45, 7) is 4.68. The summed E-state index contributed by atoms with van der Waals surface area (Å²) in [5.74, 6) is -0.892. The van der Waals surface area contributed by atoms with Crippen molar-refractivity contribution < 1.29 is 14.0 Å². The largest absolute Gasteiger partial charge is 0.360 e. The third kappa shape index (κ3) is 5.62. The van der Waals surface area contributed by atoms with E-state index in [9.17, 15) is 24.0 Å². The Morgan fingerprint density at radius 3 is 2.69 bits per heavy atom. The summed E-state index contributed by atoms with van der Waals surface area (Å²) in [5, 5.41) is 14.8. The van der Waals surface area contributed by atoms with Crippen molar-refractivity contribution >= 4 is 46.3 Å². The average Bonchev–Trinajstić information content (AvgIpc) is 3.10. The molecule has 1 heterocycles. The molecule has 170 valence electrons. The number of rotatable bonds is 8. The number of nitriles is 1. The molecule has 0 atom stereocenters. The third-order valence-corrected chi connectivity index (χ3v) is 5.71. The van der Waals surface area contributed by atoms with E-state index < -0.39 is 12.6 Å². The molecule has 0 aliphatic carbocycles. The van der Waals surface area contributed by atoms with Gasteiger partial charge in [-0.15, -0.1) is 11.3 Å². The molecule has 1 aromatic carbocycles. The molecule has 0 bridgehead atoms. The Morgan fingerprint density at radius 2 is 2.09 bits per heavy atom. The van der Waals surface area contributed by atoms with Crippen molar-refractivity contribution in [2.45, 2.75) is 27.3 Å². The first-order valence-corrected chi connectivity index (χ1v) is 10.9. The van der Waals surface area contributed by atoms with Crippen molar-refractivity contribution in [3.63, 3.8) is 0 Å². The van der Waals surface area contributed by atoms with Crippen LogP contribution in [0.25, 0.3) is 11.8 Å². The molecule has 0 saturated heterocycles. The molecule has 2 aromatic rings. The first-order valence-electron chi connectivity index (χ1n) is 10.1. The predicted octanol–water partition coefficient (Wildman–Crippen LogP) is 1.16. The maximum atomic E-state index is 12.8. The van der Waals surface area contributed by atoms with Gasteiger partial charge >= 0.3 is 0 Å². The number of amides is 2. The van der Waals surface area contributed by atoms with Crippen LogP contribution in [0.5, 0.6) is 0 Å². The minimum atomic E-state index is -0.755. The van der Waals surface area contributed by atoms with Crippen molar-refractivity contribution in [1.29, 1.82) is 5.26 Å². The maximum Gasteiger partial charge on any atom is 0.270 e. The highest BCUT2D eigenvalue weighted by Gasteiger charge is 2.16. The number of nitrogens with zero attached hydrogens (tertiary/aromatic N) is 3. The number of hydrogen-bond acceptors (Lipinski definition) is 6. The minimum Gasteiger partial charge on any atom is -0.360 e. The topological polar surface area (TPSA) is 107 Å². The Morgan fingerprint density at radius 1 is 1.38 bits per heavy atom. The van der Waals surface area contributed by atoms with Gasteiger partial charge in [0.25, 0.3) is 11.5 Å². The molecule has 0 spiro atoms. The Labute approximate surface area is 189 Å². The second-order valence-corrected chi connectivity index (χ2v) is 8.17. The number of benzene rings is 1. The smallest absolute Gasteiger partial charge is 0.270 e. The van der Waals surface area contributed by atoms with Crippen molar-refractivity contribution in [2.75, 3.05) is 30.5 Å². The van der Waals surface area contributed by atoms with Gasteiger partial charge in [-0.1, -0.05) is 19.9 Å². The third-order valence-electron chi connectivity index (χ3n) is 4.58. The number of carbonyl (C=O) groups is 2. The van der Waals surface area contributed by atoms with E-state index in [0.717, 1.165) is 11.3 Å². The first-order chi connectivity index (χ1) is 15.2. The normalized spacial score (nSPS) is 12.3. The molecule has 0 fully saturated rings. The monoisotopic (exact) mass is 459 g/mol. The number of thiazole rings is 1. The molecule has 2 N–H and O–H groups in total. The van der Waals surface area contributed by atoms with Gasteiger partial charge in [-0.25, -0.2) is 4.39 Å². The van der Waals surface area contributed by atoms with Crippen molar-refractivity contribution in [3.05, 3.63) is 43.8 Å². The Hall–Kier alpha value is -3.45. The van der Waals surface area contributed by atoms with Gasteiger partial charge in [0.1, 0.15) is 21.9 Å². The van der Waals surface area contributed by atoms with Crippen LogP contribution >= 0.6 is 11.3 Å². The predicted molar refractivity (Wildman–Crippen MR) is 124 cm³/mol. The van der Waals surface area contributed by atoms with E-state index in [1.54, 1.807) is 37.1 Å². The molecule has 0 saturated carbocycles. The molecule has 0 aliphatic rings. The summed E-state index contributed by atoms with van der Waals surface area (Å²) in [7, 11) is 1.70. The molecule has 1 aromatic heterocycles. The zero-order chi connectivity index (χ0) is 23.8. The average molecular weight is 460 g/mol. The lowest BCUT2D eigenvalue weighted by Gasteiger charge is -2.20. The van der Waals surface area contributed by atoms with E-state index in [2.05, 4.69) is 10.6 Å². The highest BCUT2D eigenvalue weighted by atomic mass is 32.1. The number of alkyl halides is 1. The molecule has 10 heteroatoms. The molecular formula is C22H26FN5O3S. The summed E-state index contributed by atoms with van der Waals surface area (Å²) in [6.07, 6.45) is 1.50. The van der Waals surface area contributed by atoms with Gasteiger partial charge in [-0.2, -0.15) is 5.26 Å². The quantitative estimate of drug-likeness (QED) is 0.616. The molecule has 2 amide bonds. The molecule has 8 nitrogen and oxygen atoms in total. The van der Waals surface area contributed by atoms with Crippen LogP contribution in [0.15, 0.2) is 29.1 Å². The van der Waals surface area contributed by atoms with Crippen molar-refractivity contribution in [3.8, 4) is 6.07 Å². The van der Waals surface area contributed by atoms with Crippen LogP contribution in [-0.2, 0) is 16.1 Å². The van der Waals surface area contributed by atoms with E-state index in [4.69, 9.17) is 0 Å². The number of carbonyl (C=O) groups excluding carboxylic acids is 2. The van der Waals surface area contributed by atoms with E-state index in [0.29, 0.717) is 15.9 Å². The van der Waals surface area contributed by atoms with Gasteiger partial charge in [0.2, 0.25) is 5.91 Å². The molecular weight excluding hydrogens is 433 g/mol. The second kappa shape index (κ2) is 11.2. The van der Waals surface area contributed by atoms with Gasteiger partial charge in [0.15, 0.2) is 5.57 Å². The van der Waals surface area contributed by atoms with Crippen molar-refractivity contribution in [1.82, 2.24) is 9.88 Å². The number of halogens is 1. The van der Waals surface area contributed by atoms with Gasteiger partial charge in [-0.05, 0) is 25.1 Å². The molecule has 2 rings (SSSR count). The van der Waals surface area contributed by atoms with E-state index in [-0.39, 0.29) is 40.7 Å². The Bertz CT molecular complexity index is 1210. The number of nitrogens with one attached hydrogen (secondary N) is 2. The van der Waals surface area contributed by atoms with Crippen LogP contribution in [0.1, 0.15) is 20.8 Å². The van der Waals surface area contributed by atoms with Crippen LogP contribution in [0.4, 0.5) is 15.8 Å². The summed E-state index contributed by atoms with van der Waals surface area (Å²) >= 11 is 0.997. The molecule has 0 unspecified atom stereocenters. The Balaban J connectivity index is 2.45. The van der Waals surface area contributed by atoms with E-state index >= 15 is 0 Å². The lowest BCUT2D eigenvalue weighted by molar-refractivity contribution is -0.121. The van der Waals surface area contributed by atoms with Crippen LogP contribution in [0.2, 0.25) is 0 Å². The summed E-state index contributed by atoms with van der Waals surface area (Å²) in [4.78, 5) is 38.8. The summed E-state index contributed by atoms with van der Waals surface area (Å²) in [6, 6.07) is 8.98. The zero-order valence-electron chi connectivity index (χ0n) is 18.4. The molecule has 0 aliphatic heterocycles. The number of hydrogen-bond donors (Lipinski definition) is 2. The maximum absolute atomic E-state index is 12.8. The fourth-order valence-electron chi connectivity index (χ4n) is 2.91. The lowest BCUT2D eigenvalue weighted by Crippen LogP contribution is -2.35. The fourth-order valence-corrected chi connectivity index (χ4v) is 3.99. The van der Waals surface area contributed by atoms with Crippen LogP contribution in [-0.4, -0.2) is 36.6 Å². The zero-order valence-corrected chi connectivity index (χ0v) is 19.3. The highest BCUT2D eigenvalue weighted by Crippen LogP contribution is 2.20. The van der Waals surface area contributed by atoms with E-state index in [1.165, 1.54) is 10.8 Å². The summed E-state index contributed by atoms with van der Waals surface area (Å²) in [5.41, 5.74) is 0.769. The van der Waals surface area contributed by atoms with E-state index in [1.807, 2.05) is 26.0 Å². The first kappa shape index (κ1) is 24.8. The van der Waals surface area contributed by atoms with Gasteiger partial charge in [0.05, 0.1) is 0 Å². The standard InChI is InChI=1S/C22H26FN5O3S/c1-5-28-21(31)18(32-22(28)17(12-24)19(29)25-10-9-23)13-26-15-7-6-8-16(11-15)27(4)20(30)14(2)3/h6-8,11,13-14,26H,5,9-10H2,1-4H3,(H,25,29)/b18-13+,22-17-. The Kier molecular flexibility index (Phi) is 8.72. The number of anilines is 2. The highest BCUT2D eigenvalue weighted by molar-refractivity contribution is 7.07. The van der Waals surface area contributed by atoms with Crippen LogP contribution in [0.3, 0.4) is 0 Å².